The number of hydrogen-bond acceptors (Lipinski definition) is 8. The Kier molecular flexibility index (Phi) is 10.3. The highest BCUT2D eigenvalue weighted by Gasteiger charge is 2.47. The Bertz CT molecular complexity index is 1100. The first-order valence-corrected chi connectivity index (χ1v) is 14.8. The molecule has 8 heteroatoms. The minimum atomic E-state index is -0.436. The molecule has 40 heavy (non-hydrogen) atoms. The van der Waals surface area contributed by atoms with E-state index >= 15 is 0 Å². The van der Waals surface area contributed by atoms with Crippen molar-refractivity contribution < 1.29 is 28.4 Å². The van der Waals surface area contributed by atoms with Crippen molar-refractivity contribution in [2.75, 3.05) is 78.3 Å². The van der Waals surface area contributed by atoms with Gasteiger partial charge < -0.3 is 38.6 Å². The van der Waals surface area contributed by atoms with E-state index in [2.05, 4.69) is 53.5 Å². The van der Waals surface area contributed by atoms with Gasteiger partial charge in [0.05, 0.1) is 45.3 Å². The molecular formula is C32H46N2O6. The summed E-state index contributed by atoms with van der Waals surface area (Å²) in [6.07, 6.45) is 2.71. The summed E-state index contributed by atoms with van der Waals surface area (Å²) in [5, 5.41) is 3.54. The van der Waals surface area contributed by atoms with Gasteiger partial charge in [-0.15, -0.1) is 0 Å². The Morgan fingerprint density at radius 2 is 1.93 bits per heavy atom. The lowest BCUT2D eigenvalue weighted by Crippen LogP contribution is -2.56. The molecule has 0 bridgehead atoms. The van der Waals surface area contributed by atoms with Gasteiger partial charge in [-0.05, 0) is 60.2 Å². The zero-order valence-electron chi connectivity index (χ0n) is 24.4. The summed E-state index contributed by atoms with van der Waals surface area (Å²) in [6, 6.07) is 13.2. The molecule has 3 aliphatic rings. The number of methoxy groups -OCH3 is 2. The third kappa shape index (κ3) is 6.81. The second-order valence-corrected chi connectivity index (χ2v) is 11.3. The van der Waals surface area contributed by atoms with Crippen LogP contribution < -0.4 is 15.0 Å². The third-order valence-corrected chi connectivity index (χ3v) is 8.21. The summed E-state index contributed by atoms with van der Waals surface area (Å²) in [5.41, 5.74) is 5.68. The summed E-state index contributed by atoms with van der Waals surface area (Å²) in [5.74, 6) is 1.33. The predicted molar refractivity (Wildman–Crippen MR) is 155 cm³/mol. The van der Waals surface area contributed by atoms with Crippen molar-refractivity contribution in [3.63, 3.8) is 0 Å². The van der Waals surface area contributed by atoms with Gasteiger partial charge in [-0.3, -0.25) is 0 Å². The fraction of sp³-hybridized carbons (Fsp3) is 0.625. The second-order valence-electron chi connectivity index (χ2n) is 11.3. The molecule has 3 aliphatic heterocycles. The zero-order chi connectivity index (χ0) is 27.8. The number of ether oxygens (including phenoxy) is 6. The first kappa shape index (κ1) is 29.3. The van der Waals surface area contributed by atoms with Crippen molar-refractivity contribution in [1.82, 2.24) is 5.32 Å². The van der Waals surface area contributed by atoms with Crippen LogP contribution in [0.1, 0.15) is 42.0 Å². The van der Waals surface area contributed by atoms with Gasteiger partial charge >= 0.3 is 0 Å². The van der Waals surface area contributed by atoms with Crippen molar-refractivity contribution >= 4 is 5.69 Å². The third-order valence-electron chi connectivity index (χ3n) is 8.21. The van der Waals surface area contributed by atoms with Crippen molar-refractivity contribution in [2.45, 2.75) is 51.1 Å². The van der Waals surface area contributed by atoms with Gasteiger partial charge in [0.15, 0.2) is 0 Å². The SMILES string of the molecule is COCCCN1CCOc2ccc(CO[C@H]3CNCC[C@@]34OCCc3cc(COC[C@@H](C)COC)ccc34)cc21. The molecule has 0 radical (unpaired) electrons. The molecule has 5 rings (SSSR count). The van der Waals surface area contributed by atoms with Crippen molar-refractivity contribution in [3.05, 3.63) is 58.7 Å². The van der Waals surface area contributed by atoms with E-state index in [1.54, 1.807) is 14.2 Å². The van der Waals surface area contributed by atoms with Crippen LogP contribution in [0, 0.1) is 5.92 Å². The number of nitrogens with one attached hydrogen (secondary N) is 1. The maximum absolute atomic E-state index is 6.69. The van der Waals surface area contributed by atoms with Gasteiger partial charge in [-0.25, -0.2) is 0 Å². The topological polar surface area (TPSA) is 70.7 Å². The monoisotopic (exact) mass is 554 g/mol. The highest BCUT2D eigenvalue weighted by atomic mass is 16.6. The molecule has 1 saturated heterocycles. The first-order valence-electron chi connectivity index (χ1n) is 14.8. The average molecular weight is 555 g/mol. The van der Waals surface area contributed by atoms with E-state index in [0.29, 0.717) is 45.6 Å². The fourth-order valence-corrected chi connectivity index (χ4v) is 6.22. The van der Waals surface area contributed by atoms with Gasteiger partial charge in [-0.1, -0.05) is 31.2 Å². The minimum Gasteiger partial charge on any atom is -0.490 e. The molecule has 3 heterocycles. The number of anilines is 1. The number of rotatable bonds is 13. The van der Waals surface area contributed by atoms with E-state index in [1.807, 2.05) is 0 Å². The molecule has 0 aliphatic carbocycles. The standard InChI is InChI=1S/C32H46N2O6/c1-24(20-36-3)21-37-22-25-5-7-28-27(17-25)9-15-40-32(28)10-11-33-19-31(32)39-23-26-6-8-30-29(18-26)34(13-16-38-30)12-4-14-35-2/h5-8,17-18,24,31,33H,4,9-16,19-23H2,1-3H3/t24-,31-,32-/m0/s1. The Labute approximate surface area is 239 Å². The van der Waals surface area contributed by atoms with Crippen LogP contribution in [0.4, 0.5) is 5.69 Å². The van der Waals surface area contributed by atoms with Crippen LogP contribution in [0.25, 0.3) is 0 Å². The molecule has 220 valence electrons. The van der Waals surface area contributed by atoms with Crippen molar-refractivity contribution in [3.8, 4) is 5.75 Å². The van der Waals surface area contributed by atoms with E-state index in [4.69, 9.17) is 28.4 Å². The lowest BCUT2D eigenvalue weighted by molar-refractivity contribution is -0.175. The minimum absolute atomic E-state index is 0.0811. The first-order chi connectivity index (χ1) is 19.6. The van der Waals surface area contributed by atoms with Crippen LogP contribution in [-0.2, 0) is 48.9 Å². The molecule has 1 fully saturated rings. The number of nitrogens with zero attached hydrogens (tertiary/aromatic N) is 1. The number of hydrogen-bond donors (Lipinski definition) is 1. The van der Waals surface area contributed by atoms with E-state index in [0.717, 1.165) is 69.0 Å². The molecule has 2 aromatic rings. The van der Waals surface area contributed by atoms with Gasteiger partial charge in [0, 0.05) is 39.8 Å². The largest absolute Gasteiger partial charge is 0.490 e. The summed E-state index contributed by atoms with van der Waals surface area (Å²) in [4.78, 5) is 2.39. The van der Waals surface area contributed by atoms with Crippen LogP contribution in [0.15, 0.2) is 36.4 Å². The maximum atomic E-state index is 6.69. The molecule has 3 atom stereocenters. The predicted octanol–water partition coefficient (Wildman–Crippen LogP) is 4.07. The van der Waals surface area contributed by atoms with E-state index in [9.17, 15) is 0 Å². The molecule has 0 amide bonds. The average Bonchev–Trinajstić information content (AvgIpc) is 2.97. The molecule has 1 spiro atoms. The van der Waals surface area contributed by atoms with Gasteiger partial charge in [0.2, 0.25) is 0 Å². The quantitative estimate of drug-likeness (QED) is 0.372. The van der Waals surface area contributed by atoms with E-state index in [1.165, 1.54) is 16.7 Å². The molecule has 1 N–H and O–H groups in total. The molecule has 0 aromatic heterocycles. The van der Waals surface area contributed by atoms with Gasteiger partial charge in [0.1, 0.15) is 24.1 Å². The van der Waals surface area contributed by atoms with Crippen LogP contribution in [0.2, 0.25) is 0 Å². The fourth-order valence-electron chi connectivity index (χ4n) is 6.22. The highest BCUT2D eigenvalue weighted by Crippen LogP contribution is 2.42. The molecule has 0 unspecified atom stereocenters. The summed E-state index contributed by atoms with van der Waals surface area (Å²) >= 11 is 0. The number of benzene rings is 2. The molecule has 2 aromatic carbocycles. The van der Waals surface area contributed by atoms with Crippen LogP contribution in [0.3, 0.4) is 0 Å². The Balaban J connectivity index is 1.27. The van der Waals surface area contributed by atoms with Crippen molar-refractivity contribution in [2.24, 2.45) is 5.92 Å². The Hall–Kier alpha value is -2.20. The van der Waals surface area contributed by atoms with E-state index in [-0.39, 0.29) is 6.10 Å². The van der Waals surface area contributed by atoms with Crippen LogP contribution in [0.5, 0.6) is 5.75 Å². The molecule has 8 nitrogen and oxygen atoms in total. The van der Waals surface area contributed by atoms with E-state index < -0.39 is 5.60 Å². The van der Waals surface area contributed by atoms with Crippen molar-refractivity contribution in [1.29, 1.82) is 0 Å². The summed E-state index contributed by atoms with van der Waals surface area (Å²) < 4.78 is 35.7. The highest BCUT2D eigenvalue weighted by molar-refractivity contribution is 5.61. The smallest absolute Gasteiger partial charge is 0.142 e. The summed E-state index contributed by atoms with van der Waals surface area (Å²) in [6.45, 7) is 10.4. The van der Waals surface area contributed by atoms with Gasteiger partial charge in [-0.2, -0.15) is 0 Å². The number of piperidine rings is 1. The van der Waals surface area contributed by atoms with Crippen LogP contribution in [-0.4, -0.2) is 79.5 Å². The van der Waals surface area contributed by atoms with Gasteiger partial charge in [0.25, 0.3) is 0 Å². The number of fused-ring (bicyclic) bond motifs is 3. The molecule has 0 saturated carbocycles. The van der Waals surface area contributed by atoms with Crippen LogP contribution >= 0.6 is 0 Å². The Morgan fingerprint density at radius 1 is 1.05 bits per heavy atom. The lowest BCUT2D eigenvalue weighted by Gasteiger charge is -2.47. The summed E-state index contributed by atoms with van der Waals surface area (Å²) in [7, 11) is 3.49. The molecular weight excluding hydrogens is 508 g/mol. The lowest BCUT2D eigenvalue weighted by atomic mass is 9.77. The maximum Gasteiger partial charge on any atom is 0.142 e. The Morgan fingerprint density at radius 3 is 2.80 bits per heavy atom. The zero-order valence-corrected chi connectivity index (χ0v) is 24.4. The second kappa shape index (κ2) is 14.1. The normalized spacial score (nSPS) is 23.0.